The Hall–Kier alpha value is -3.89. The Morgan fingerprint density at radius 2 is 1.74 bits per heavy atom. The second-order valence-electron chi connectivity index (χ2n) is 8.00. The summed E-state index contributed by atoms with van der Waals surface area (Å²) in [6.07, 6.45) is 0.473. The number of carbonyl (C=O) groups excluding carboxylic acids is 2. The molecule has 0 aromatic heterocycles. The molecule has 3 aromatic rings. The van der Waals surface area contributed by atoms with Crippen LogP contribution < -0.4 is 10.2 Å². The number of nitrogens with one attached hydrogen (secondary N) is 1. The number of halogens is 1. The van der Waals surface area contributed by atoms with Gasteiger partial charge in [-0.1, -0.05) is 53.7 Å². The quantitative estimate of drug-likeness (QED) is 0.394. The number of amides is 2. The van der Waals surface area contributed by atoms with E-state index in [0.717, 1.165) is 16.7 Å². The standard InChI is InChI=1S/C27H22FN3O2S/c1-17-7-13-22(14-8-17)31-26(33)24(15-19-6-4-3-5-18(19)2)34-27(31)23(16-29)25(32)30-21-11-9-20(28)10-12-21/h3-14,24H,15H2,1-2H3,(H,30,32). The number of nitrogens with zero attached hydrogens (tertiary/aromatic N) is 2. The van der Waals surface area contributed by atoms with E-state index in [0.29, 0.717) is 17.8 Å². The van der Waals surface area contributed by atoms with Gasteiger partial charge in [0.1, 0.15) is 22.5 Å². The van der Waals surface area contributed by atoms with Crippen LogP contribution in [0.5, 0.6) is 0 Å². The van der Waals surface area contributed by atoms with Gasteiger partial charge in [-0.3, -0.25) is 14.5 Å². The molecule has 1 aliphatic rings. The first kappa shape index (κ1) is 23.3. The average molecular weight is 472 g/mol. The van der Waals surface area contributed by atoms with Crippen molar-refractivity contribution < 1.29 is 14.0 Å². The molecule has 0 saturated carbocycles. The molecule has 1 unspecified atom stereocenters. The van der Waals surface area contributed by atoms with Gasteiger partial charge >= 0.3 is 0 Å². The van der Waals surface area contributed by atoms with Crippen LogP contribution in [-0.2, 0) is 16.0 Å². The van der Waals surface area contributed by atoms with Crippen LogP contribution in [0.1, 0.15) is 16.7 Å². The number of carbonyl (C=O) groups is 2. The van der Waals surface area contributed by atoms with E-state index in [-0.39, 0.29) is 16.5 Å². The van der Waals surface area contributed by atoms with Crippen molar-refractivity contribution >= 4 is 35.0 Å². The van der Waals surface area contributed by atoms with Crippen molar-refractivity contribution in [2.45, 2.75) is 25.5 Å². The molecule has 0 aliphatic carbocycles. The summed E-state index contributed by atoms with van der Waals surface area (Å²) in [4.78, 5) is 28.0. The van der Waals surface area contributed by atoms with E-state index in [1.807, 2.05) is 56.3 Å². The second kappa shape index (κ2) is 9.94. The number of hydrogen-bond acceptors (Lipinski definition) is 4. The minimum absolute atomic E-state index is 0.171. The lowest BCUT2D eigenvalue weighted by Gasteiger charge is -2.19. The van der Waals surface area contributed by atoms with E-state index in [1.165, 1.54) is 40.9 Å². The van der Waals surface area contributed by atoms with Gasteiger partial charge < -0.3 is 5.32 Å². The average Bonchev–Trinajstić information content (AvgIpc) is 3.13. The highest BCUT2D eigenvalue weighted by Crippen LogP contribution is 2.42. The van der Waals surface area contributed by atoms with Crippen LogP contribution in [-0.4, -0.2) is 17.1 Å². The molecule has 0 bridgehead atoms. The summed E-state index contributed by atoms with van der Waals surface area (Å²) in [5.74, 6) is -1.27. The van der Waals surface area contributed by atoms with Gasteiger partial charge in [0.25, 0.3) is 5.91 Å². The molecule has 1 atom stereocenters. The Morgan fingerprint density at radius 1 is 1.06 bits per heavy atom. The normalized spacial score (nSPS) is 16.8. The summed E-state index contributed by atoms with van der Waals surface area (Å²) in [6, 6.07) is 22.5. The Labute approximate surface area is 201 Å². The molecule has 0 radical (unpaired) electrons. The fraction of sp³-hybridized carbons (Fsp3) is 0.148. The molecule has 2 amide bonds. The number of hydrogen-bond donors (Lipinski definition) is 1. The Balaban J connectivity index is 1.73. The minimum Gasteiger partial charge on any atom is -0.321 e. The maximum Gasteiger partial charge on any atom is 0.269 e. The lowest BCUT2D eigenvalue weighted by atomic mass is 10.0. The molecule has 5 nitrogen and oxygen atoms in total. The van der Waals surface area contributed by atoms with Gasteiger partial charge in [-0.05, 0) is 67.8 Å². The van der Waals surface area contributed by atoms with Gasteiger partial charge in [0.15, 0.2) is 0 Å². The lowest BCUT2D eigenvalue weighted by Crippen LogP contribution is -2.31. The predicted octanol–water partition coefficient (Wildman–Crippen LogP) is 5.51. The number of benzene rings is 3. The summed E-state index contributed by atoms with van der Waals surface area (Å²) < 4.78 is 13.2. The molecule has 1 heterocycles. The van der Waals surface area contributed by atoms with Crippen LogP contribution in [0.2, 0.25) is 0 Å². The summed E-state index contributed by atoms with van der Waals surface area (Å²) >= 11 is 1.22. The molecule has 1 aliphatic heterocycles. The molecule has 1 N–H and O–H groups in total. The van der Waals surface area contributed by atoms with Gasteiger partial charge in [-0.25, -0.2) is 4.39 Å². The van der Waals surface area contributed by atoms with Gasteiger partial charge in [0.05, 0.1) is 5.25 Å². The second-order valence-corrected chi connectivity index (χ2v) is 9.19. The van der Waals surface area contributed by atoms with Crippen LogP contribution in [0, 0.1) is 31.0 Å². The van der Waals surface area contributed by atoms with Crippen LogP contribution in [0.25, 0.3) is 0 Å². The summed E-state index contributed by atoms with van der Waals surface area (Å²) in [5, 5.41) is 12.3. The zero-order chi connectivity index (χ0) is 24.2. The highest BCUT2D eigenvalue weighted by molar-refractivity contribution is 8.05. The highest BCUT2D eigenvalue weighted by Gasteiger charge is 2.41. The van der Waals surface area contributed by atoms with Crippen molar-refractivity contribution in [2.24, 2.45) is 0 Å². The van der Waals surface area contributed by atoms with Crippen LogP contribution >= 0.6 is 11.8 Å². The highest BCUT2D eigenvalue weighted by atomic mass is 32.2. The third-order valence-electron chi connectivity index (χ3n) is 5.57. The number of aryl methyl sites for hydroxylation is 2. The molecule has 170 valence electrons. The van der Waals surface area contributed by atoms with Crippen molar-refractivity contribution in [3.8, 4) is 6.07 Å². The molecular formula is C27H22FN3O2S. The van der Waals surface area contributed by atoms with Crippen LogP contribution in [0.4, 0.5) is 15.8 Å². The zero-order valence-electron chi connectivity index (χ0n) is 18.7. The van der Waals surface area contributed by atoms with Crippen molar-refractivity contribution in [1.29, 1.82) is 5.26 Å². The number of nitriles is 1. The zero-order valence-corrected chi connectivity index (χ0v) is 19.5. The topological polar surface area (TPSA) is 73.2 Å². The number of rotatable bonds is 5. The van der Waals surface area contributed by atoms with E-state index >= 15 is 0 Å². The van der Waals surface area contributed by atoms with Gasteiger partial charge in [-0.15, -0.1) is 0 Å². The van der Waals surface area contributed by atoms with E-state index in [9.17, 15) is 19.2 Å². The van der Waals surface area contributed by atoms with E-state index in [4.69, 9.17) is 0 Å². The van der Waals surface area contributed by atoms with Crippen LogP contribution in [0.15, 0.2) is 83.4 Å². The molecule has 4 rings (SSSR count). The minimum atomic E-state index is -0.655. The fourth-order valence-electron chi connectivity index (χ4n) is 3.68. The van der Waals surface area contributed by atoms with Gasteiger partial charge in [-0.2, -0.15) is 5.26 Å². The fourth-order valence-corrected chi connectivity index (χ4v) is 4.98. The first-order chi connectivity index (χ1) is 16.4. The SMILES string of the molecule is Cc1ccc(N2C(=O)C(Cc3ccccc3C)SC2=C(C#N)C(=O)Nc2ccc(F)cc2)cc1. The molecule has 3 aromatic carbocycles. The number of anilines is 2. The number of thioether (sulfide) groups is 1. The van der Waals surface area contributed by atoms with E-state index in [2.05, 4.69) is 5.32 Å². The Morgan fingerprint density at radius 3 is 2.38 bits per heavy atom. The maximum atomic E-state index is 13.5. The van der Waals surface area contributed by atoms with Crippen molar-refractivity contribution in [2.75, 3.05) is 10.2 Å². The molecule has 1 fully saturated rings. The van der Waals surface area contributed by atoms with Crippen molar-refractivity contribution in [3.05, 3.63) is 106 Å². The largest absolute Gasteiger partial charge is 0.321 e. The summed E-state index contributed by atoms with van der Waals surface area (Å²) in [7, 11) is 0. The summed E-state index contributed by atoms with van der Waals surface area (Å²) in [6.45, 7) is 3.93. The molecule has 7 heteroatoms. The lowest BCUT2D eigenvalue weighted by molar-refractivity contribution is -0.117. The van der Waals surface area contributed by atoms with Gasteiger partial charge in [0, 0.05) is 11.4 Å². The van der Waals surface area contributed by atoms with Crippen molar-refractivity contribution in [1.82, 2.24) is 0 Å². The maximum absolute atomic E-state index is 13.5. The molecular weight excluding hydrogens is 449 g/mol. The molecule has 34 heavy (non-hydrogen) atoms. The Kier molecular flexibility index (Phi) is 6.80. The predicted molar refractivity (Wildman–Crippen MR) is 133 cm³/mol. The monoisotopic (exact) mass is 471 g/mol. The van der Waals surface area contributed by atoms with Crippen LogP contribution in [0.3, 0.4) is 0 Å². The van der Waals surface area contributed by atoms with E-state index < -0.39 is 17.0 Å². The third kappa shape index (κ3) is 4.87. The molecule has 1 saturated heterocycles. The summed E-state index contributed by atoms with van der Waals surface area (Å²) in [5.41, 5.74) is 3.91. The smallest absolute Gasteiger partial charge is 0.269 e. The first-order valence-corrected chi connectivity index (χ1v) is 11.6. The molecule has 0 spiro atoms. The van der Waals surface area contributed by atoms with E-state index in [1.54, 1.807) is 12.1 Å². The third-order valence-corrected chi connectivity index (χ3v) is 6.83. The van der Waals surface area contributed by atoms with Crippen molar-refractivity contribution in [3.63, 3.8) is 0 Å². The Bertz CT molecular complexity index is 1310. The van der Waals surface area contributed by atoms with Gasteiger partial charge in [0.2, 0.25) is 5.91 Å². The first-order valence-electron chi connectivity index (χ1n) is 10.7.